The number of benzene rings is 3. The number of aromatic nitrogens is 4. The van der Waals surface area contributed by atoms with Crippen LogP contribution in [-0.4, -0.2) is 107 Å². The molecule has 4 amide bonds. The summed E-state index contributed by atoms with van der Waals surface area (Å²) in [5, 5.41) is 5.16. The number of carbonyl (C=O) groups excluding carboxylic acids is 4. The van der Waals surface area contributed by atoms with Gasteiger partial charge in [0.15, 0.2) is 6.10 Å². The molecule has 5 heterocycles. The zero-order valence-corrected chi connectivity index (χ0v) is 37.4. The third-order valence-electron chi connectivity index (χ3n) is 12.0. The van der Waals surface area contributed by atoms with E-state index < -0.39 is 24.3 Å². The third kappa shape index (κ3) is 9.21. The van der Waals surface area contributed by atoms with Crippen LogP contribution >= 0.6 is 0 Å². The number of hydrogen-bond acceptors (Lipinski definition) is 11. The molecule has 8 rings (SSSR count). The van der Waals surface area contributed by atoms with Gasteiger partial charge in [-0.25, -0.2) is 19.6 Å². The Bertz CT molecular complexity index is 2620. The van der Waals surface area contributed by atoms with E-state index in [2.05, 4.69) is 35.3 Å². The van der Waals surface area contributed by atoms with Gasteiger partial charge in [0.05, 0.1) is 57.7 Å². The van der Waals surface area contributed by atoms with Gasteiger partial charge in [-0.05, 0) is 49.4 Å². The Morgan fingerprint density at radius 3 is 2.38 bits per heavy atom. The maximum Gasteiger partial charge on any atom is 0.407 e. The van der Waals surface area contributed by atoms with Crippen LogP contribution < -0.4 is 24.8 Å². The molecule has 1 saturated heterocycles. The van der Waals surface area contributed by atoms with E-state index in [-0.39, 0.29) is 36.9 Å². The number of fused-ring (bicyclic) bond motifs is 4. The van der Waals surface area contributed by atoms with Crippen molar-refractivity contribution >= 4 is 35.1 Å². The Kier molecular flexibility index (Phi) is 13.1. The van der Waals surface area contributed by atoms with E-state index in [1.54, 1.807) is 29.3 Å². The number of H-pyrrole nitrogens is 2. The van der Waals surface area contributed by atoms with Gasteiger partial charge >= 0.3 is 12.2 Å². The fraction of sp³-hybridized carbons (Fsp3) is 0.375. The molecule has 0 saturated carbocycles. The van der Waals surface area contributed by atoms with Gasteiger partial charge in [0.25, 0.3) is 0 Å². The second-order valence-corrected chi connectivity index (χ2v) is 16.5. The number of imidazole rings is 2. The number of ether oxygens (including phenoxy) is 5. The van der Waals surface area contributed by atoms with Gasteiger partial charge in [0.1, 0.15) is 48.1 Å². The summed E-state index contributed by atoms with van der Waals surface area (Å²) in [6.45, 7) is 7.18. The molecular formula is C48H54N8O9. The number of aromatic amines is 2. The van der Waals surface area contributed by atoms with Crippen LogP contribution in [0.2, 0.25) is 0 Å². The van der Waals surface area contributed by atoms with Crippen molar-refractivity contribution in [2.75, 3.05) is 47.6 Å². The van der Waals surface area contributed by atoms with Crippen molar-refractivity contribution < 1.29 is 42.9 Å². The van der Waals surface area contributed by atoms with Crippen LogP contribution in [0.4, 0.5) is 9.59 Å². The predicted molar refractivity (Wildman–Crippen MR) is 241 cm³/mol. The largest absolute Gasteiger partial charge is 0.497 e. The fourth-order valence-electron chi connectivity index (χ4n) is 8.73. The molecule has 340 valence electrons. The number of carbonyl (C=O) groups is 4. The topological polar surface area (TPSA) is 202 Å². The van der Waals surface area contributed by atoms with E-state index in [4.69, 9.17) is 18.9 Å². The highest BCUT2D eigenvalue weighted by molar-refractivity contribution is 6.00. The van der Waals surface area contributed by atoms with Gasteiger partial charge in [-0.2, -0.15) is 0 Å². The molecule has 0 bridgehead atoms. The van der Waals surface area contributed by atoms with Gasteiger partial charge in [-0.15, -0.1) is 0 Å². The first-order valence-electron chi connectivity index (χ1n) is 21.8. The molecule has 3 aliphatic rings. The van der Waals surface area contributed by atoms with Crippen molar-refractivity contribution in [3.8, 4) is 39.8 Å². The lowest BCUT2D eigenvalue weighted by Crippen LogP contribution is -2.51. The van der Waals surface area contributed by atoms with Gasteiger partial charge in [0, 0.05) is 52.1 Å². The minimum Gasteiger partial charge on any atom is -0.497 e. The first kappa shape index (κ1) is 44.3. The molecule has 0 radical (unpaired) electrons. The molecule has 0 aliphatic carbocycles. The standard InChI is InChI=1S/C48H54N8O9/c1-7-17-55(46(58)43(27(2)3)54-48(60)63-6)25-40-49-22-35(52-40)29-13-15-32-34-26-64-38-20-28(36-23-50-45(53-36)37-12-9-18-56(37)41(57)24-51-47(59)62-5)14-16-33(38)42(34)44(65-39(32)21-29)30-10-8-11-31(19-30)61-4/h8,10-11,13-16,19-23,27,37,43-44H,7,9,12,17-18,24-26H2,1-6H3,(H,49,52)(H,50,53)(H,51,59)(H,54,60)/t37-,43-,44?/m0/s1. The highest BCUT2D eigenvalue weighted by atomic mass is 16.5. The monoisotopic (exact) mass is 886 g/mol. The van der Waals surface area contributed by atoms with Gasteiger partial charge in [0.2, 0.25) is 11.8 Å². The van der Waals surface area contributed by atoms with Gasteiger partial charge < -0.3 is 54.1 Å². The summed E-state index contributed by atoms with van der Waals surface area (Å²) >= 11 is 0. The predicted octanol–water partition coefficient (Wildman–Crippen LogP) is 7.05. The molecule has 1 unspecified atom stereocenters. The van der Waals surface area contributed by atoms with Crippen LogP contribution in [0.15, 0.2) is 73.1 Å². The van der Waals surface area contributed by atoms with E-state index in [1.165, 1.54) is 14.2 Å². The number of amides is 4. The summed E-state index contributed by atoms with van der Waals surface area (Å²) in [5.74, 6) is 2.78. The normalized spacial score (nSPS) is 16.6. The molecule has 3 aromatic carbocycles. The quantitative estimate of drug-likeness (QED) is 0.0890. The second kappa shape index (κ2) is 19.2. The highest BCUT2D eigenvalue weighted by Crippen LogP contribution is 2.52. The molecule has 1 fully saturated rings. The molecule has 5 aromatic rings. The van der Waals surface area contributed by atoms with E-state index >= 15 is 0 Å². The maximum absolute atomic E-state index is 13.7. The Hall–Kier alpha value is -7.30. The lowest BCUT2D eigenvalue weighted by Gasteiger charge is -2.35. The summed E-state index contributed by atoms with van der Waals surface area (Å²) in [4.78, 5) is 70.0. The van der Waals surface area contributed by atoms with Gasteiger partial charge in [-0.1, -0.05) is 57.2 Å². The van der Waals surface area contributed by atoms with Crippen LogP contribution in [0.1, 0.15) is 80.5 Å². The number of likely N-dealkylation sites (tertiary alicyclic amines) is 1. The average molecular weight is 887 g/mol. The lowest BCUT2D eigenvalue weighted by atomic mass is 9.83. The van der Waals surface area contributed by atoms with E-state index in [1.807, 2.05) is 81.4 Å². The maximum atomic E-state index is 13.7. The van der Waals surface area contributed by atoms with Crippen molar-refractivity contribution in [2.45, 2.75) is 64.8 Å². The van der Waals surface area contributed by atoms with E-state index in [9.17, 15) is 19.2 Å². The molecule has 0 spiro atoms. The first-order chi connectivity index (χ1) is 31.5. The third-order valence-corrected chi connectivity index (χ3v) is 12.0. The van der Waals surface area contributed by atoms with Crippen molar-refractivity contribution in [3.05, 3.63) is 101 Å². The number of nitrogens with one attached hydrogen (secondary N) is 4. The first-order valence-corrected chi connectivity index (χ1v) is 21.8. The minimum atomic E-state index is -0.751. The number of rotatable bonds is 14. The summed E-state index contributed by atoms with van der Waals surface area (Å²) in [7, 11) is 4.18. The van der Waals surface area contributed by atoms with Crippen LogP contribution in [0.3, 0.4) is 0 Å². The SMILES string of the molecule is CCCN(Cc1ncc(-c2ccc3c(c2)OC(c2cccc(OC)c2)C2=C3COc3cc(-c4cnc([C@@H]5CCCN5C(=O)CNC(=O)OC)[nH]4)ccc32)[nH]1)C(=O)[C@@H](NC(=O)OC)C(C)C. The number of hydrogen-bond donors (Lipinski definition) is 4. The highest BCUT2D eigenvalue weighted by Gasteiger charge is 2.37. The van der Waals surface area contributed by atoms with Crippen LogP contribution in [0, 0.1) is 5.92 Å². The smallest absolute Gasteiger partial charge is 0.407 e. The van der Waals surface area contributed by atoms with Crippen molar-refractivity contribution in [1.82, 2.24) is 40.4 Å². The molecule has 3 aliphatic heterocycles. The summed E-state index contributed by atoms with van der Waals surface area (Å²) in [6, 6.07) is 19.0. The second-order valence-electron chi connectivity index (χ2n) is 16.5. The molecule has 4 N–H and O–H groups in total. The molecule has 3 atom stereocenters. The Morgan fingerprint density at radius 1 is 0.908 bits per heavy atom. The Labute approximate surface area is 376 Å². The van der Waals surface area contributed by atoms with Gasteiger partial charge in [-0.3, -0.25) is 9.59 Å². The zero-order valence-electron chi connectivity index (χ0n) is 37.4. The zero-order chi connectivity index (χ0) is 45.8. The van der Waals surface area contributed by atoms with E-state index in [0.717, 1.165) is 69.6 Å². The number of methoxy groups -OCH3 is 3. The molecular weight excluding hydrogens is 833 g/mol. The molecule has 17 nitrogen and oxygen atoms in total. The fourth-order valence-corrected chi connectivity index (χ4v) is 8.73. The van der Waals surface area contributed by atoms with Crippen LogP contribution in [-0.2, 0) is 25.6 Å². The summed E-state index contributed by atoms with van der Waals surface area (Å²) in [5.41, 5.74) is 7.95. The van der Waals surface area contributed by atoms with Crippen LogP contribution in [0.5, 0.6) is 17.2 Å². The Balaban J connectivity index is 1.07. The molecule has 65 heavy (non-hydrogen) atoms. The summed E-state index contributed by atoms with van der Waals surface area (Å²) < 4.78 is 28.6. The van der Waals surface area contributed by atoms with Crippen LogP contribution in [0.25, 0.3) is 33.7 Å². The lowest BCUT2D eigenvalue weighted by molar-refractivity contribution is -0.135. The average Bonchev–Trinajstić information content (AvgIpc) is 4.13. The minimum absolute atomic E-state index is 0.156. The molecule has 2 aromatic heterocycles. The Morgan fingerprint density at radius 2 is 1.65 bits per heavy atom. The van der Waals surface area contributed by atoms with Crippen molar-refractivity contribution in [3.63, 3.8) is 0 Å². The van der Waals surface area contributed by atoms with Crippen molar-refractivity contribution in [2.24, 2.45) is 5.92 Å². The number of nitrogens with zero attached hydrogens (tertiary/aromatic N) is 4. The molecule has 17 heteroatoms. The number of alkyl carbamates (subject to hydrolysis) is 2. The van der Waals surface area contributed by atoms with Crippen molar-refractivity contribution in [1.29, 1.82) is 0 Å². The van der Waals surface area contributed by atoms with E-state index in [0.29, 0.717) is 48.6 Å². The summed E-state index contributed by atoms with van der Waals surface area (Å²) in [6.07, 6.45) is 3.99.